The van der Waals surface area contributed by atoms with Crippen molar-refractivity contribution in [3.8, 4) is 0 Å². The molecule has 0 saturated heterocycles. The van der Waals surface area contributed by atoms with Crippen molar-refractivity contribution in [2.45, 2.75) is 91.1 Å². The summed E-state index contributed by atoms with van der Waals surface area (Å²) in [4.78, 5) is 0. The largest absolute Gasteiger partial charge is 0.313 e. The molecule has 1 heterocycles. The van der Waals surface area contributed by atoms with Gasteiger partial charge in [-0.1, -0.05) is 71.6 Å². The van der Waals surface area contributed by atoms with Gasteiger partial charge < -0.3 is 5.32 Å². The number of aryl methyl sites for hydroxylation is 1. The van der Waals surface area contributed by atoms with E-state index in [1.165, 1.54) is 69.8 Å². The highest BCUT2D eigenvalue weighted by atomic mass is 15.3. The van der Waals surface area contributed by atoms with E-state index in [1.807, 2.05) is 6.20 Å². The second-order valence-electron chi connectivity index (χ2n) is 6.07. The zero-order chi connectivity index (χ0) is 15.2. The van der Waals surface area contributed by atoms with E-state index in [-0.39, 0.29) is 0 Å². The smallest absolute Gasteiger partial charge is 0.0534 e. The maximum atomic E-state index is 4.42. The average molecular weight is 293 g/mol. The Morgan fingerprint density at radius 3 is 2.14 bits per heavy atom. The fourth-order valence-corrected chi connectivity index (χ4v) is 2.65. The van der Waals surface area contributed by atoms with E-state index < -0.39 is 0 Å². The lowest BCUT2D eigenvalue weighted by Gasteiger charge is -2.03. The molecule has 0 saturated carbocycles. The summed E-state index contributed by atoms with van der Waals surface area (Å²) in [6.45, 7) is 7.44. The summed E-state index contributed by atoms with van der Waals surface area (Å²) in [6.07, 6.45) is 18.1. The summed E-state index contributed by atoms with van der Waals surface area (Å²) in [6, 6.07) is 0. The summed E-state index contributed by atoms with van der Waals surface area (Å²) in [7, 11) is 0. The van der Waals surface area contributed by atoms with Crippen LogP contribution in [-0.4, -0.2) is 16.3 Å². The van der Waals surface area contributed by atoms with Crippen LogP contribution in [0.25, 0.3) is 0 Å². The molecule has 0 aliphatic rings. The fraction of sp³-hybridized carbons (Fsp3) is 0.833. The van der Waals surface area contributed by atoms with Gasteiger partial charge in [0, 0.05) is 24.8 Å². The van der Waals surface area contributed by atoms with Crippen molar-refractivity contribution < 1.29 is 0 Å². The third kappa shape index (κ3) is 9.67. The number of nitrogens with one attached hydrogen (secondary N) is 1. The molecular weight excluding hydrogens is 258 g/mol. The second-order valence-corrected chi connectivity index (χ2v) is 6.07. The van der Waals surface area contributed by atoms with Crippen molar-refractivity contribution in [2.75, 3.05) is 6.54 Å². The van der Waals surface area contributed by atoms with E-state index in [1.54, 1.807) is 0 Å². The Kier molecular flexibility index (Phi) is 11.2. The minimum Gasteiger partial charge on any atom is -0.313 e. The van der Waals surface area contributed by atoms with E-state index in [2.05, 4.69) is 35.1 Å². The Morgan fingerprint density at radius 1 is 0.905 bits per heavy atom. The van der Waals surface area contributed by atoms with Gasteiger partial charge in [-0.25, -0.2) is 0 Å². The van der Waals surface area contributed by atoms with Gasteiger partial charge in [0.15, 0.2) is 0 Å². The van der Waals surface area contributed by atoms with E-state index in [4.69, 9.17) is 0 Å². The van der Waals surface area contributed by atoms with Crippen LogP contribution in [0.5, 0.6) is 0 Å². The van der Waals surface area contributed by atoms with Gasteiger partial charge in [0.05, 0.1) is 6.20 Å². The number of nitrogens with zero attached hydrogens (tertiary/aromatic N) is 2. The van der Waals surface area contributed by atoms with E-state index in [0.717, 1.165) is 19.6 Å². The standard InChI is InChI=1S/C18H35N3/c1-3-5-6-7-8-9-10-11-12-13-14-21-17-18(16-20-21)15-19-4-2/h16-17,19H,3-15H2,1-2H3. The quantitative estimate of drug-likeness (QED) is 0.494. The predicted octanol–water partition coefficient (Wildman–Crippen LogP) is 4.91. The molecule has 122 valence electrons. The van der Waals surface area contributed by atoms with Gasteiger partial charge >= 0.3 is 0 Å². The second kappa shape index (κ2) is 12.9. The maximum Gasteiger partial charge on any atom is 0.0534 e. The molecule has 21 heavy (non-hydrogen) atoms. The van der Waals surface area contributed by atoms with Crippen molar-refractivity contribution >= 4 is 0 Å². The summed E-state index contributed by atoms with van der Waals surface area (Å²) >= 11 is 0. The average Bonchev–Trinajstić information content (AvgIpc) is 2.95. The molecule has 0 fully saturated rings. The lowest BCUT2D eigenvalue weighted by atomic mass is 10.1. The summed E-state index contributed by atoms with van der Waals surface area (Å²) in [5.74, 6) is 0. The van der Waals surface area contributed by atoms with Gasteiger partial charge in [-0.2, -0.15) is 5.10 Å². The highest BCUT2D eigenvalue weighted by Gasteiger charge is 1.98. The third-order valence-corrected chi connectivity index (χ3v) is 4.01. The van der Waals surface area contributed by atoms with Crippen molar-refractivity contribution in [2.24, 2.45) is 0 Å². The third-order valence-electron chi connectivity index (χ3n) is 4.01. The first-order chi connectivity index (χ1) is 10.4. The van der Waals surface area contributed by atoms with Crippen LogP contribution in [0.4, 0.5) is 0 Å². The molecule has 0 aromatic carbocycles. The fourth-order valence-electron chi connectivity index (χ4n) is 2.65. The van der Waals surface area contributed by atoms with Crippen LogP contribution in [0.15, 0.2) is 12.4 Å². The molecule has 0 amide bonds. The van der Waals surface area contributed by atoms with Crippen LogP contribution in [-0.2, 0) is 13.1 Å². The lowest BCUT2D eigenvalue weighted by molar-refractivity contribution is 0.515. The van der Waals surface area contributed by atoms with Crippen molar-refractivity contribution in [1.82, 2.24) is 15.1 Å². The first-order valence-electron chi connectivity index (χ1n) is 9.08. The van der Waals surface area contributed by atoms with E-state index in [9.17, 15) is 0 Å². The van der Waals surface area contributed by atoms with Crippen LogP contribution in [0.3, 0.4) is 0 Å². The molecule has 3 heteroatoms. The van der Waals surface area contributed by atoms with Crippen LogP contribution in [0.2, 0.25) is 0 Å². The SMILES string of the molecule is CCCCCCCCCCCCn1cc(CNCC)cn1. The molecule has 0 unspecified atom stereocenters. The zero-order valence-electron chi connectivity index (χ0n) is 14.2. The highest BCUT2D eigenvalue weighted by Crippen LogP contribution is 2.11. The minimum atomic E-state index is 0.939. The summed E-state index contributed by atoms with van der Waals surface area (Å²) in [5.41, 5.74) is 1.30. The Morgan fingerprint density at radius 2 is 1.52 bits per heavy atom. The Hall–Kier alpha value is -0.830. The highest BCUT2D eigenvalue weighted by molar-refractivity contribution is 5.02. The van der Waals surface area contributed by atoms with Gasteiger partial charge in [-0.3, -0.25) is 4.68 Å². The molecule has 0 spiro atoms. The van der Waals surface area contributed by atoms with Crippen molar-refractivity contribution in [3.63, 3.8) is 0 Å². The van der Waals surface area contributed by atoms with Crippen molar-refractivity contribution in [1.29, 1.82) is 0 Å². The van der Waals surface area contributed by atoms with Crippen LogP contribution in [0.1, 0.15) is 83.6 Å². The van der Waals surface area contributed by atoms with E-state index >= 15 is 0 Å². The van der Waals surface area contributed by atoms with Gasteiger partial charge in [0.25, 0.3) is 0 Å². The van der Waals surface area contributed by atoms with Gasteiger partial charge in [0.2, 0.25) is 0 Å². The molecule has 0 radical (unpaired) electrons. The molecule has 1 N–H and O–H groups in total. The molecule has 1 rings (SSSR count). The first kappa shape index (κ1) is 18.2. The molecule has 0 aliphatic heterocycles. The van der Waals surface area contributed by atoms with Gasteiger partial charge in [0.1, 0.15) is 0 Å². The molecule has 1 aromatic rings. The molecule has 1 aromatic heterocycles. The number of hydrogen-bond acceptors (Lipinski definition) is 2. The molecule has 0 bridgehead atoms. The topological polar surface area (TPSA) is 29.9 Å². The Labute approximate surface area is 131 Å². The van der Waals surface area contributed by atoms with Gasteiger partial charge in [-0.05, 0) is 13.0 Å². The Bertz CT molecular complexity index is 333. The predicted molar refractivity (Wildman–Crippen MR) is 91.5 cm³/mol. The Balaban J connectivity index is 1.91. The van der Waals surface area contributed by atoms with Crippen LogP contribution in [0, 0.1) is 0 Å². The molecule has 0 aliphatic carbocycles. The number of unbranched alkanes of at least 4 members (excludes halogenated alkanes) is 9. The number of aromatic nitrogens is 2. The lowest BCUT2D eigenvalue weighted by Crippen LogP contribution is -2.11. The maximum absolute atomic E-state index is 4.42. The van der Waals surface area contributed by atoms with Crippen LogP contribution < -0.4 is 5.32 Å². The summed E-state index contributed by atoms with van der Waals surface area (Å²) in [5, 5.41) is 7.75. The zero-order valence-corrected chi connectivity index (χ0v) is 14.2. The monoisotopic (exact) mass is 293 g/mol. The normalized spacial score (nSPS) is 11.1. The minimum absolute atomic E-state index is 0.939. The van der Waals surface area contributed by atoms with Crippen molar-refractivity contribution in [3.05, 3.63) is 18.0 Å². The summed E-state index contributed by atoms with van der Waals surface area (Å²) < 4.78 is 2.09. The molecule has 3 nitrogen and oxygen atoms in total. The molecular formula is C18H35N3. The molecule has 0 atom stereocenters. The van der Waals surface area contributed by atoms with Gasteiger partial charge in [-0.15, -0.1) is 0 Å². The number of hydrogen-bond donors (Lipinski definition) is 1. The van der Waals surface area contributed by atoms with E-state index in [0.29, 0.717) is 0 Å². The first-order valence-corrected chi connectivity index (χ1v) is 9.08. The van der Waals surface area contributed by atoms with Crippen LogP contribution >= 0.6 is 0 Å². The number of rotatable bonds is 14.